The van der Waals surface area contributed by atoms with Crippen molar-refractivity contribution in [3.8, 4) is 0 Å². The number of benzene rings is 1. The Labute approximate surface area is 126 Å². The quantitative estimate of drug-likeness (QED) is 0.829. The molecule has 2 aliphatic rings. The van der Waals surface area contributed by atoms with Crippen molar-refractivity contribution in [3.63, 3.8) is 0 Å². The number of amides is 1. The second-order valence-electron chi connectivity index (χ2n) is 6.47. The van der Waals surface area contributed by atoms with Crippen LogP contribution in [0.15, 0.2) is 24.3 Å². The monoisotopic (exact) mass is 288 g/mol. The van der Waals surface area contributed by atoms with Gasteiger partial charge in [0.05, 0.1) is 18.7 Å². The van der Waals surface area contributed by atoms with E-state index in [2.05, 4.69) is 17.4 Å². The van der Waals surface area contributed by atoms with Gasteiger partial charge in [0.25, 0.3) is 0 Å². The van der Waals surface area contributed by atoms with Crippen molar-refractivity contribution >= 4 is 5.91 Å². The van der Waals surface area contributed by atoms with Gasteiger partial charge in [0, 0.05) is 13.6 Å². The number of hydrogen-bond donors (Lipinski definition) is 2. The van der Waals surface area contributed by atoms with Gasteiger partial charge in [0.2, 0.25) is 5.91 Å². The second-order valence-corrected chi connectivity index (χ2v) is 6.47. The molecule has 0 saturated heterocycles. The van der Waals surface area contributed by atoms with Crippen LogP contribution < -0.4 is 5.32 Å². The van der Waals surface area contributed by atoms with E-state index in [1.165, 1.54) is 18.4 Å². The molecular weight excluding hydrogens is 264 g/mol. The van der Waals surface area contributed by atoms with E-state index >= 15 is 0 Å². The smallest absolute Gasteiger partial charge is 0.236 e. The van der Waals surface area contributed by atoms with E-state index in [0.29, 0.717) is 5.92 Å². The zero-order valence-corrected chi connectivity index (χ0v) is 12.6. The number of aliphatic hydroxyl groups excluding tert-OH is 1. The third kappa shape index (κ3) is 2.97. The van der Waals surface area contributed by atoms with Crippen LogP contribution in [0.4, 0.5) is 0 Å². The molecule has 0 aliphatic heterocycles. The number of carbonyl (C=O) groups is 1. The highest BCUT2D eigenvalue weighted by Crippen LogP contribution is 2.36. The zero-order valence-electron chi connectivity index (χ0n) is 12.6. The van der Waals surface area contributed by atoms with E-state index in [9.17, 15) is 9.90 Å². The van der Waals surface area contributed by atoms with Crippen LogP contribution in [0.1, 0.15) is 30.4 Å². The number of likely N-dealkylation sites (N-methyl/N-ethyl adjacent to an activating group) is 1. The normalized spacial score (nSPS) is 23.9. The van der Waals surface area contributed by atoms with Crippen LogP contribution >= 0.6 is 0 Å². The minimum Gasteiger partial charge on any atom is -0.394 e. The summed E-state index contributed by atoms with van der Waals surface area (Å²) in [6.45, 7) is 1.19. The summed E-state index contributed by atoms with van der Waals surface area (Å²) >= 11 is 0. The summed E-state index contributed by atoms with van der Waals surface area (Å²) in [5.74, 6) is 0.817. The zero-order chi connectivity index (χ0) is 14.9. The summed E-state index contributed by atoms with van der Waals surface area (Å²) in [4.78, 5) is 14.0. The highest BCUT2D eigenvalue weighted by molar-refractivity contribution is 5.78. The summed E-state index contributed by atoms with van der Waals surface area (Å²) in [5.41, 5.74) is 1.97. The molecule has 4 nitrogen and oxygen atoms in total. The molecule has 1 unspecified atom stereocenters. The van der Waals surface area contributed by atoms with Crippen LogP contribution in [0, 0.1) is 5.92 Å². The Kier molecular flexibility index (Phi) is 4.00. The van der Waals surface area contributed by atoms with E-state index in [1.807, 2.05) is 24.1 Å². The van der Waals surface area contributed by atoms with Crippen LogP contribution in [0.2, 0.25) is 0 Å². The molecule has 0 spiro atoms. The van der Waals surface area contributed by atoms with Crippen LogP contribution in [0.25, 0.3) is 0 Å². The Balaban J connectivity index is 1.64. The topological polar surface area (TPSA) is 52.6 Å². The number of carbonyl (C=O) groups excluding carboxylic acids is 1. The summed E-state index contributed by atoms with van der Waals surface area (Å²) in [5, 5.41) is 13.2. The molecule has 4 heteroatoms. The van der Waals surface area contributed by atoms with E-state index in [-0.39, 0.29) is 19.1 Å². The first-order valence-corrected chi connectivity index (χ1v) is 7.83. The van der Waals surface area contributed by atoms with Gasteiger partial charge in [-0.25, -0.2) is 0 Å². The molecule has 1 aromatic rings. The van der Waals surface area contributed by atoms with Gasteiger partial charge in [0.15, 0.2) is 0 Å². The number of fused-ring (bicyclic) bond motifs is 1. The van der Waals surface area contributed by atoms with Crippen molar-refractivity contribution in [2.75, 3.05) is 26.7 Å². The first-order valence-electron chi connectivity index (χ1n) is 7.83. The SMILES string of the molecule is CN(CC1CC1)C(=O)CNC1(CO)CCc2ccccc21. The Morgan fingerprint density at radius 2 is 2.19 bits per heavy atom. The van der Waals surface area contributed by atoms with Crippen LogP contribution in [-0.4, -0.2) is 42.7 Å². The predicted octanol–water partition coefficient (Wildman–Crippen LogP) is 1.28. The third-order valence-corrected chi connectivity index (χ3v) is 4.86. The standard InChI is InChI=1S/C17H24N2O2/c1-19(11-13-6-7-13)16(21)10-18-17(12-20)9-8-14-4-2-3-5-15(14)17/h2-5,13,18,20H,6-12H2,1H3. The van der Waals surface area contributed by atoms with E-state index in [4.69, 9.17) is 0 Å². The molecular formula is C17H24N2O2. The number of aliphatic hydroxyl groups is 1. The lowest BCUT2D eigenvalue weighted by molar-refractivity contribution is -0.129. The van der Waals surface area contributed by atoms with Crippen molar-refractivity contribution in [2.45, 2.75) is 31.2 Å². The van der Waals surface area contributed by atoms with Gasteiger partial charge < -0.3 is 10.0 Å². The van der Waals surface area contributed by atoms with Gasteiger partial charge in [-0.3, -0.25) is 10.1 Å². The molecule has 0 aromatic heterocycles. The highest BCUT2D eigenvalue weighted by atomic mass is 16.3. The molecule has 2 aliphatic carbocycles. The fourth-order valence-corrected chi connectivity index (χ4v) is 3.26. The Morgan fingerprint density at radius 3 is 2.90 bits per heavy atom. The van der Waals surface area contributed by atoms with Crippen molar-refractivity contribution in [1.29, 1.82) is 0 Å². The van der Waals surface area contributed by atoms with Gasteiger partial charge in [-0.05, 0) is 42.7 Å². The third-order valence-electron chi connectivity index (χ3n) is 4.86. The van der Waals surface area contributed by atoms with E-state index < -0.39 is 5.54 Å². The number of nitrogens with one attached hydrogen (secondary N) is 1. The molecule has 1 atom stereocenters. The van der Waals surface area contributed by atoms with Gasteiger partial charge in [-0.2, -0.15) is 0 Å². The summed E-state index contributed by atoms with van der Waals surface area (Å²) in [7, 11) is 1.87. The van der Waals surface area contributed by atoms with Gasteiger partial charge in [0.1, 0.15) is 0 Å². The van der Waals surface area contributed by atoms with Crippen LogP contribution in [0.3, 0.4) is 0 Å². The maximum atomic E-state index is 12.2. The average molecular weight is 288 g/mol. The summed E-state index contributed by atoms with van der Waals surface area (Å²) in [6.07, 6.45) is 4.30. The predicted molar refractivity (Wildman–Crippen MR) is 81.9 cm³/mol. The van der Waals surface area contributed by atoms with E-state index in [1.54, 1.807) is 0 Å². The Morgan fingerprint density at radius 1 is 1.43 bits per heavy atom. The Hall–Kier alpha value is -1.39. The number of aryl methyl sites for hydroxylation is 1. The maximum Gasteiger partial charge on any atom is 0.236 e. The molecule has 1 fully saturated rings. The van der Waals surface area contributed by atoms with Crippen molar-refractivity contribution in [2.24, 2.45) is 5.92 Å². The van der Waals surface area contributed by atoms with E-state index in [0.717, 1.165) is 24.9 Å². The molecule has 3 rings (SSSR count). The first kappa shape index (κ1) is 14.5. The lowest BCUT2D eigenvalue weighted by atomic mass is 9.92. The average Bonchev–Trinajstić information content (AvgIpc) is 3.25. The minimum absolute atomic E-state index is 0.0314. The largest absolute Gasteiger partial charge is 0.394 e. The molecule has 21 heavy (non-hydrogen) atoms. The molecule has 2 N–H and O–H groups in total. The van der Waals surface area contributed by atoms with Crippen LogP contribution in [-0.2, 0) is 16.8 Å². The van der Waals surface area contributed by atoms with Crippen LogP contribution in [0.5, 0.6) is 0 Å². The molecule has 1 amide bonds. The molecule has 0 bridgehead atoms. The summed E-state index contributed by atoms with van der Waals surface area (Å²) in [6, 6.07) is 8.19. The fraction of sp³-hybridized carbons (Fsp3) is 0.588. The molecule has 0 heterocycles. The van der Waals surface area contributed by atoms with Gasteiger partial charge in [-0.15, -0.1) is 0 Å². The van der Waals surface area contributed by atoms with Gasteiger partial charge >= 0.3 is 0 Å². The number of rotatable bonds is 6. The first-order chi connectivity index (χ1) is 10.1. The fourth-order valence-electron chi connectivity index (χ4n) is 3.26. The molecule has 1 aromatic carbocycles. The minimum atomic E-state index is -0.452. The second kappa shape index (κ2) is 5.78. The lowest BCUT2D eigenvalue weighted by Crippen LogP contribution is -2.48. The molecule has 1 saturated carbocycles. The number of hydrogen-bond acceptors (Lipinski definition) is 3. The Bertz CT molecular complexity index is 527. The number of nitrogens with zero attached hydrogens (tertiary/aromatic N) is 1. The van der Waals surface area contributed by atoms with Crippen molar-refractivity contribution < 1.29 is 9.90 Å². The van der Waals surface area contributed by atoms with Crippen molar-refractivity contribution in [3.05, 3.63) is 35.4 Å². The lowest BCUT2D eigenvalue weighted by Gasteiger charge is -2.30. The van der Waals surface area contributed by atoms with Crippen molar-refractivity contribution in [1.82, 2.24) is 10.2 Å². The molecule has 114 valence electrons. The maximum absolute atomic E-state index is 12.2. The summed E-state index contributed by atoms with van der Waals surface area (Å²) < 4.78 is 0. The molecule has 0 radical (unpaired) electrons. The highest BCUT2D eigenvalue weighted by Gasteiger charge is 2.38. The van der Waals surface area contributed by atoms with Gasteiger partial charge in [-0.1, -0.05) is 24.3 Å².